The van der Waals surface area contributed by atoms with Gasteiger partial charge in [-0.15, -0.1) is 0 Å². The molecule has 1 aliphatic heterocycles. The van der Waals surface area contributed by atoms with Crippen molar-refractivity contribution < 1.29 is 0 Å². The van der Waals surface area contributed by atoms with Crippen molar-refractivity contribution in [1.29, 1.82) is 0 Å². The second-order valence-electron chi connectivity index (χ2n) is 7.72. The maximum atomic E-state index is 4.65. The van der Waals surface area contributed by atoms with Crippen molar-refractivity contribution in [2.45, 2.75) is 46.2 Å². The van der Waals surface area contributed by atoms with E-state index < -0.39 is 0 Å². The van der Waals surface area contributed by atoms with Crippen LogP contribution in [-0.2, 0) is 6.54 Å². The molecule has 2 heterocycles. The summed E-state index contributed by atoms with van der Waals surface area (Å²) in [4.78, 5) is 13.8. The molecule has 1 saturated heterocycles. The first kappa shape index (κ1) is 20.5. The summed E-state index contributed by atoms with van der Waals surface area (Å²) in [6.07, 6.45) is 4.26. The molecule has 2 rings (SSSR count). The van der Waals surface area contributed by atoms with E-state index in [0.29, 0.717) is 6.04 Å². The van der Waals surface area contributed by atoms with Gasteiger partial charge in [-0.1, -0.05) is 19.9 Å². The summed E-state index contributed by atoms with van der Waals surface area (Å²) < 4.78 is 0. The Kier molecular flexibility index (Phi) is 8.16. The molecule has 1 aliphatic rings. The van der Waals surface area contributed by atoms with Gasteiger partial charge in [0.2, 0.25) is 0 Å². The molecule has 0 aromatic carbocycles. The van der Waals surface area contributed by atoms with E-state index in [1.807, 2.05) is 19.3 Å². The largest absolute Gasteiger partial charge is 0.354 e. The summed E-state index contributed by atoms with van der Waals surface area (Å²) in [5, 5.41) is 6.95. The van der Waals surface area contributed by atoms with Gasteiger partial charge in [-0.05, 0) is 38.8 Å². The molecule has 0 bridgehead atoms. The fraction of sp³-hybridized carbons (Fsp3) is 0.700. The highest BCUT2D eigenvalue weighted by Gasteiger charge is 2.18. The molecular weight excluding hydrogens is 324 g/mol. The van der Waals surface area contributed by atoms with Crippen LogP contribution in [0.4, 0.5) is 5.82 Å². The Hall–Kier alpha value is -1.82. The lowest BCUT2D eigenvalue weighted by molar-refractivity contribution is 0.312. The van der Waals surface area contributed by atoms with Crippen LogP contribution in [0, 0.1) is 5.92 Å². The van der Waals surface area contributed by atoms with Gasteiger partial charge in [-0.25, -0.2) is 4.98 Å². The number of rotatable bonds is 7. The maximum absolute atomic E-state index is 4.65. The van der Waals surface area contributed by atoms with Crippen molar-refractivity contribution in [3.8, 4) is 0 Å². The number of likely N-dealkylation sites (N-methyl/N-ethyl adjacent to an activating group) is 1. The van der Waals surface area contributed by atoms with Crippen molar-refractivity contribution in [1.82, 2.24) is 20.5 Å². The van der Waals surface area contributed by atoms with Crippen LogP contribution >= 0.6 is 0 Å². The third-order valence-electron chi connectivity index (χ3n) is 4.90. The number of anilines is 1. The molecule has 1 unspecified atom stereocenters. The van der Waals surface area contributed by atoms with Crippen LogP contribution in [0.25, 0.3) is 0 Å². The first-order valence-corrected chi connectivity index (χ1v) is 9.84. The monoisotopic (exact) mass is 360 g/mol. The standard InChI is InChI=1S/C20H36N6/c1-16(2)8-9-17(3)24-20(21-4)23-15-18-7-6-10-22-19(18)26-13-11-25(5)12-14-26/h6-7,10,16-17H,8-9,11-15H2,1-5H3,(H2,21,23,24). The van der Waals surface area contributed by atoms with E-state index in [1.54, 1.807) is 0 Å². The van der Waals surface area contributed by atoms with Crippen molar-refractivity contribution in [3.05, 3.63) is 23.9 Å². The highest BCUT2D eigenvalue weighted by molar-refractivity contribution is 5.80. The zero-order valence-corrected chi connectivity index (χ0v) is 17.1. The molecule has 26 heavy (non-hydrogen) atoms. The first-order chi connectivity index (χ1) is 12.5. The fourth-order valence-corrected chi connectivity index (χ4v) is 3.13. The maximum Gasteiger partial charge on any atom is 0.191 e. The third kappa shape index (κ3) is 6.48. The smallest absolute Gasteiger partial charge is 0.191 e. The predicted molar refractivity (Wildman–Crippen MR) is 111 cm³/mol. The third-order valence-corrected chi connectivity index (χ3v) is 4.90. The van der Waals surface area contributed by atoms with Crippen LogP contribution in [-0.4, -0.2) is 62.2 Å². The van der Waals surface area contributed by atoms with E-state index in [-0.39, 0.29) is 0 Å². The number of hydrogen-bond donors (Lipinski definition) is 2. The average molecular weight is 361 g/mol. The normalized spacial score (nSPS) is 17.5. The van der Waals surface area contributed by atoms with Crippen molar-refractivity contribution in [3.63, 3.8) is 0 Å². The van der Waals surface area contributed by atoms with Crippen LogP contribution in [0.2, 0.25) is 0 Å². The van der Waals surface area contributed by atoms with Crippen molar-refractivity contribution in [2.75, 3.05) is 45.2 Å². The fourth-order valence-electron chi connectivity index (χ4n) is 3.13. The summed E-state index contributed by atoms with van der Waals surface area (Å²) in [6.45, 7) is 11.7. The molecule has 146 valence electrons. The Morgan fingerprint density at radius 1 is 1.19 bits per heavy atom. The molecule has 0 aliphatic carbocycles. The molecule has 0 spiro atoms. The second-order valence-corrected chi connectivity index (χ2v) is 7.72. The predicted octanol–water partition coefficient (Wildman–Crippen LogP) is 2.32. The molecule has 0 amide bonds. The number of aliphatic imine (C=N–C) groups is 1. The van der Waals surface area contributed by atoms with Gasteiger partial charge in [0.1, 0.15) is 5.82 Å². The number of guanidine groups is 1. The van der Waals surface area contributed by atoms with Crippen LogP contribution < -0.4 is 15.5 Å². The number of nitrogens with zero attached hydrogens (tertiary/aromatic N) is 4. The van der Waals surface area contributed by atoms with Gasteiger partial charge in [0.05, 0.1) is 0 Å². The topological polar surface area (TPSA) is 55.8 Å². The van der Waals surface area contributed by atoms with Gasteiger partial charge in [-0.2, -0.15) is 0 Å². The molecule has 1 aromatic rings. The molecule has 1 aromatic heterocycles. The second kappa shape index (κ2) is 10.4. The Balaban J connectivity index is 1.91. The number of nitrogens with one attached hydrogen (secondary N) is 2. The zero-order valence-electron chi connectivity index (χ0n) is 17.1. The lowest BCUT2D eigenvalue weighted by Gasteiger charge is -2.34. The SMILES string of the molecule is CN=C(NCc1cccnc1N1CCN(C)CC1)NC(C)CCC(C)C. The first-order valence-electron chi connectivity index (χ1n) is 9.84. The summed E-state index contributed by atoms with van der Waals surface area (Å²) in [6, 6.07) is 4.58. The van der Waals surface area contributed by atoms with Gasteiger partial charge in [0.15, 0.2) is 5.96 Å². The summed E-state index contributed by atoms with van der Waals surface area (Å²) >= 11 is 0. The highest BCUT2D eigenvalue weighted by Crippen LogP contribution is 2.18. The van der Waals surface area contributed by atoms with E-state index in [9.17, 15) is 0 Å². The molecule has 1 atom stereocenters. The van der Waals surface area contributed by atoms with E-state index in [4.69, 9.17) is 0 Å². The Labute approximate surface area is 159 Å². The molecular formula is C20H36N6. The van der Waals surface area contributed by atoms with Crippen LogP contribution in [0.1, 0.15) is 39.2 Å². The van der Waals surface area contributed by atoms with Gasteiger partial charge < -0.3 is 20.4 Å². The van der Waals surface area contributed by atoms with E-state index >= 15 is 0 Å². The molecule has 1 fully saturated rings. The molecule has 6 nitrogen and oxygen atoms in total. The Morgan fingerprint density at radius 3 is 2.58 bits per heavy atom. The Morgan fingerprint density at radius 2 is 1.92 bits per heavy atom. The summed E-state index contributed by atoms with van der Waals surface area (Å²) in [5.41, 5.74) is 1.22. The van der Waals surface area contributed by atoms with E-state index in [2.05, 4.69) is 64.3 Å². The van der Waals surface area contributed by atoms with Crippen LogP contribution in [0.15, 0.2) is 23.3 Å². The highest BCUT2D eigenvalue weighted by atomic mass is 15.3. The van der Waals surface area contributed by atoms with Crippen molar-refractivity contribution in [2.24, 2.45) is 10.9 Å². The molecule has 0 radical (unpaired) electrons. The van der Waals surface area contributed by atoms with Gasteiger partial charge in [-0.3, -0.25) is 4.99 Å². The summed E-state index contributed by atoms with van der Waals surface area (Å²) in [5.74, 6) is 2.68. The number of aromatic nitrogens is 1. The van der Waals surface area contributed by atoms with E-state index in [1.165, 1.54) is 12.0 Å². The Bertz CT molecular complexity index is 563. The van der Waals surface area contributed by atoms with Gasteiger partial charge in [0.25, 0.3) is 0 Å². The average Bonchev–Trinajstić information content (AvgIpc) is 2.64. The van der Waals surface area contributed by atoms with Gasteiger partial charge >= 0.3 is 0 Å². The molecule has 2 N–H and O–H groups in total. The van der Waals surface area contributed by atoms with Crippen LogP contribution in [0.3, 0.4) is 0 Å². The molecule has 6 heteroatoms. The minimum Gasteiger partial charge on any atom is -0.354 e. The minimum absolute atomic E-state index is 0.412. The van der Waals surface area contributed by atoms with E-state index in [0.717, 1.165) is 56.8 Å². The number of piperazine rings is 1. The molecule has 0 saturated carbocycles. The number of hydrogen-bond acceptors (Lipinski definition) is 4. The lowest BCUT2D eigenvalue weighted by atomic mass is 10.0. The van der Waals surface area contributed by atoms with Gasteiger partial charge in [0, 0.05) is 57.6 Å². The zero-order chi connectivity index (χ0) is 18.9. The summed E-state index contributed by atoms with van der Waals surface area (Å²) in [7, 11) is 4.00. The quantitative estimate of drug-likeness (QED) is 0.577. The number of pyridine rings is 1. The lowest BCUT2D eigenvalue weighted by Crippen LogP contribution is -2.45. The van der Waals surface area contributed by atoms with Crippen molar-refractivity contribution >= 4 is 11.8 Å². The minimum atomic E-state index is 0.412. The van der Waals surface area contributed by atoms with Crippen LogP contribution in [0.5, 0.6) is 0 Å².